The maximum absolute atomic E-state index is 12.3. The van der Waals surface area contributed by atoms with Gasteiger partial charge in [-0.2, -0.15) is 10.2 Å². The Hall–Kier alpha value is -1.25. The van der Waals surface area contributed by atoms with Crippen LogP contribution >= 0.6 is 23.2 Å². The molecule has 0 saturated heterocycles. The standard InChI is InChI=1S/C12H12Cl2N4O2S/c13-10-5-11(14)12(4-8(10)6-15)21(19,20)17-7-9-2-1-3-16-18-9/h1-5,17H,6-7,15H2. The molecule has 3 N–H and O–H groups in total. The molecule has 2 aromatic rings. The third kappa shape index (κ3) is 3.90. The first-order valence-electron chi connectivity index (χ1n) is 5.88. The van der Waals surface area contributed by atoms with Gasteiger partial charge in [0.25, 0.3) is 0 Å². The number of halogens is 2. The Labute approximate surface area is 132 Å². The van der Waals surface area contributed by atoms with Crippen LogP contribution < -0.4 is 10.5 Å². The number of rotatable bonds is 5. The van der Waals surface area contributed by atoms with E-state index in [9.17, 15) is 8.42 Å². The van der Waals surface area contributed by atoms with Crippen molar-refractivity contribution in [2.24, 2.45) is 5.73 Å². The lowest BCUT2D eigenvalue weighted by molar-refractivity contribution is 0.580. The molecule has 0 radical (unpaired) electrons. The summed E-state index contributed by atoms with van der Waals surface area (Å²) in [6.07, 6.45) is 1.50. The number of nitrogens with two attached hydrogens (primary N) is 1. The van der Waals surface area contributed by atoms with Crippen molar-refractivity contribution < 1.29 is 8.42 Å². The molecule has 0 amide bonds. The zero-order valence-corrected chi connectivity index (χ0v) is 13.1. The maximum Gasteiger partial charge on any atom is 0.242 e. The molecule has 1 heterocycles. The highest BCUT2D eigenvalue weighted by molar-refractivity contribution is 7.89. The molecule has 0 fully saturated rings. The lowest BCUT2D eigenvalue weighted by Crippen LogP contribution is -2.24. The van der Waals surface area contributed by atoms with E-state index >= 15 is 0 Å². The first-order valence-corrected chi connectivity index (χ1v) is 8.12. The van der Waals surface area contributed by atoms with E-state index in [1.54, 1.807) is 12.1 Å². The Morgan fingerprint density at radius 3 is 2.62 bits per heavy atom. The first kappa shape index (κ1) is 16.1. The van der Waals surface area contributed by atoms with Crippen LogP contribution in [0.4, 0.5) is 0 Å². The van der Waals surface area contributed by atoms with Crippen LogP contribution in [0, 0.1) is 0 Å². The minimum absolute atomic E-state index is 0.00703. The van der Waals surface area contributed by atoms with Gasteiger partial charge in [-0.05, 0) is 29.8 Å². The molecule has 1 aromatic carbocycles. The summed E-state index contributed by atoms with van der Waals surface area (Å²) >= 11 is 11.9. The second-order valence-corrected chi connectivity index (χ2v) is 6.67. The number of aromatic nitrogens is 2. The summed E-state index contributed by atoms with van der Waals surface area (Å²) in [4.78, 5) is -0.0714. The fourth-order valence-electron chi connectivity index (χ4n) is 1.61. The number of nitrogens with zero attached hydrogens (tertiary/aromatic N) is 2. The highest BCUT2D eigenvalue weighted by Crippen LogP contribution is 2.28. The summed E-state index contributed by atoms with van der Waals surface area (Å²) in [5.74, 6) is 0. The molecule has 21 heavy (non-hydrogen) atoms. The number of hydrogen-bond acceptors (Lipinski definition) is 5. The van der Waals surface area contributed by atoms with Gasteiger partial charge in [0.15, 0.2) is 0 Å². The van der Waals surface area contributed by atoms with E-state index in [0.717, 1.165) is 0 Å². The van der Waals surface area contributed by atoms with Crippen molar-refractivity contribution in [2.45, 2.75) is 18.0 Å². The Kier molecular flexibility index (Phi) is 5.13. The summed E-state index contributed by atoms with van der Waals surface area (Å²) in [6.45, 7) is 0.121. The fraction of sp³-hybridized carbons (Fsp3) is 0.167. The van der Waals surface area contributed by atoms with E-state index in [1.165, 1.54) is 18.3 Å². The Balaban J connectivity index is 2.27. The number of sulfonamides is 1. The topological polar surface area (TPSA) is 98.0 Å². The van der Waals surface area contributed by atoms with Gasteiger partial charge < -0.3 is 5.73 Å². The van der Waals surface area contributed by atoms with Crippen LogP contribution in [-0.2, 0) is 23.1 Å². The van der Waals surface area contributed by atoms with Gasteiger partial charge in [0.1, 0.15) is 4.90 Å². The van der Waals surface area contributed by atoms with Crippen molar-refractivity contribution >= 4 is 33.2 Å². The number of hydrogen-bond donors (Lipinski definition) is 2. The van der Waals surface area contributed by atoms with E-state index in [1.807, 2.05) is 0 Å². The van der Waals surface area contributed by atoms with Crippen LogP contribution in [0.5, 0.6) is 0 Å². The monoisotopic (exact) mass is 346 g/mol. The molecule has 1 aromatic heterocycles. The smallest absolute Gasteiger partial charge is 0.242 e. The van der Waals surface area contributed by atoms with E-state index in [-0.39, 0.29) is 23.0 Å². The Morgan fingerprint density at radius 2 is 2.00 bits per heavy atom. The molecule has 112 valence electrons. The van der Waals surface area contributed by atoms with Gasteiger partial charge >= 0.3 is 0 Å². The highest BCUT2D eigenvalue weighted by Gasteiger charge is 2.20. The second kappa shape index (κ2) is 6.67. The van der Waals surface area contributed by atoms with E-state index < -0.39 is 10.0 Å². The molecular formula is C12H12Cl2N4O2S. The predicted molar refractivity (Wildman–Crippen MR) is 80.4 cm³/mol. The van der Waals surface area contributed by atoms with Gasteiger partial charge in [0.05, 0.1) is 17.3 Å². The molecule has 9 heteroatoms. The summed E-state index contributed by atoms with van der Waals surface area (Å²) in [5, 5.41) is 7.82. The Morgan fingerprint density at radius 1 is 1.24 bits per heavy atom. The van der Waals surface area contributed by atoms with Gasteiger partial charge in [0, 0.05) is 17.8 Å². The molecule has 0 aliphatic heterocycles. The van der Waals surface area contributed by atoms with E-state index in [2.05, 4.69) is 14.9 Å². The lowest BCUT2D eigenvalue weighted by Gasteiger charge is -2.10. The van der Waals surface area contributed by atoms with Gasteiger partial charge in [0.2, 0.25) is 10.0 Å². The van der Waals surface area contributed by atoms with Crippen LogP contribution in [0.25, 0.3) is 0 Å². The van der Waals surface area contributed by atoms with Crippen LogP contribution in [0.3, 0.4) is 0 Å². The molecule has 0 aliphatic carbocycles. The maximum atomic E-state index is 12.3. The molecule has 0 spiro atoms. The largest absolute Gasteiger partial charge is 0.326 e. The van der Waals surface area contributed by atoms with Crippen molar-refractivity contribution in [1.29, 1.82) is 0 Å². The third-order valence-corrected chi connectivity index (χ3v) is 4.90. The summed E-state index contributed by atoms with van der Waals surface area (Å²) < 4.78 is 27.0. The summed E-state index contributed by atoms with van der Waals surface area (Å²) in [6, 6.07) is 6.05. The minimum Gasteiger partial charge on any atom is -0.326 e. The molecule has 0 saturated carbocycles. The molecule has 0 unspecified atom stereocenters. The average Bonchev–Trinajstić information content (AvgIpc) is 2.46. The quantitative estimate of drug-likeness (QED) is 0.858. The molecule has 0 atom stereocenters. The minimum atomic E-state index is -3.80. The fourth-order valence-corrected chi connectivity index (χ4v) is 3.48. The summed E-state index contributed by atoms with van der Waals surface area (Å²) in [5.41, 5.74) is 6.51. The van der Waals surface area contributed by atoms with Gasteiger partial charge in [-0.3, -0.25) is 0 Å². The lowest BCUT2D eigenvalue weighted by atomic mass is 10.2. The summed E-state index contributed by atoms with van der Waals surface area (Å²) in [7, 11) is -3.80. The van der Waals surface area contributed by atoms with E-state index in [4.69, 9.17) is 28.9 Å². The van der Waals surface area contributed by atoms with Crippen molar-refractivity contribution in [3.8, 4) is 0 Å². The molecule has 2 rings (SSSR count). The van der Waals surface area contributed by atoms with E-state index in [0.29, 0.717) is 16.3 Å². The SMILES string of the molecule is NCc1cc(S(=O)(=O)NCc2cccnn2)c(Cl)cc1Cl. The van der Waals surface area contributed by atoms with Crippen molar-refractivity contribution in [1.82, 2.24) is 14.9 Å². The van der Waals surface area contributed by atoms with Gasteiger partial charge in [-0.15, -0.1) is 0 Å². The van der Waals surface area contributed by atoms with Crippen molar-refractivity contribution in [3.05, 3.63) is 51.8 Å². The third-order valence-electron chi connectivity index (χ3n) is 2.68. The number of benzene rings is 1. The van der Waals surface area contributed by atoms with Gasteiger partial charge in [-0.25, -0.2) is 13.1 Å². The van der Waals surface area contributed by atoms with Crippen LogP contribution in [0.1, 0.15) is 11.3 Å². The molecular weight excluding hydrogens is 335 g/mol. The normalized spacial score (nSPS) is 11.6. The van der Waals surface area contributed by atoms with Crippen LogP contribution in [-0.4, -0.2) is 18.6 Å². The number of nitrogens with one attached hydrogen (secondary N) is 1. The van der Waals surface area contributed by atoms with Crippen LogP contribution in [0.2, 0.25) is 10.0 Å². The second-order valence-electron chi connectivity index (χ2n) is 4.12. The Bertz CT molecular complexity index is 738. The highest BCUT2D eigenvalue weighted by atomic mass is 35.5. The van der Waals surface area contributed by atoms with Crippen molar-refractivity contribution in [3.63, 3.8) is 0 Å². The van der Waals surface area contributed by atoms with Crippen molar-refractivity contribution in [2.75, 3.05) is 0 Å². The molecule has 6 nitrogen and oxygen atoms in total. The first-order chi connectivity index (χ1) is 9.94. The zero-order valence-electron chi connectivity index (χ0n) is 10.8. The average molecular weight is 347 g/mol. The van der Waals surface area contributed by atoms with Gasteiger partial charge in [-0.1, -0.05) is 23.2 Å². The molecule has 0 bridgehead atoms. The zero-order chi connectivity index (χ0) is 15.5. The molecule has 0 aliphatic rings. The predicted octanol–water partition coefficient (Wildman–Crippen LogP) is 1.72. The van der Waals surface area contributed by atoms with Crippen LogP contribution in [0.15, 0.2) is 35.4 Å².